The van der Waals surface area contributed by atoms with Gasteiger partial charge in [0.1, 0.15) is 5.76 Å². The molecule has 1 aliphatic rings. The summed E-state index contributed by atoms with van der Waals surface area (Å²) < 4.78 is 5.20. The van der Waals surface area contributed by atoms with E-state index < -0.39 is 5.97 Å². The molecule has 1 N–H and O–H groups in total. The van der Waals surface area contributed by atoms with Crippen molar-refractivity contribution in [1.29, 1.82) is 0 Å². The van der Waals surface area contributed by atoms with Crippen LogP contribution in [0.1, 0.15) is 12.2 Å². The number of furan rings is 1. The molecule has 0 spiro atoms. The Labute approximate surface area is 82.1 Å². The fraction of sp³-hybridized carbons (Fsp3) is 0.500. The van der Waals surface area contributed by atoms with Gasteiger partial charge in [0.15, 0.2) is 0 Å². The third kappa shape index (κ3) is 2.14. The molecule has 0 aliphatic carbocycles. The maximum Gasteiger partial charge on any atom is 0.303 e. The molecule has 1 aliphatic heterocycles. The van der Waals surface area contributed by atoms with Crippen molar-refractivity contribution in [3.8, 4) is 0 Å². The molecule has 2 rings (SSSR count). The Hall–Kier alpha value is -1.29. The maximum atomic E-state index is 10.4. The second-order valence-corrected chi connectivity index (χ2v) is 3.74. The molecular formula is C10H13NO3. The lowest BCUT2D eigenvalue weighted by atomic mass is 9.96. The molecule has 0 atom stereocenters. The molecule has 76 valence electrons. The lowest BCUT2D eigenvalue weighted by Gasteiger charge is -2.37. The zero-order valence-electron chi connectivity index (χ0n) is 7.85. The van der Waals surface area contributed by atoms with Gasteiger partial charge in [-0.3, -0.25) is 9.69 Å². The van der Waals surface area contributed by atoms with Crippen LogP contribution in [0.3, 0.4) is 0 Å². The third-order valence-electron chi connectivity index (χ3n) is 2.46. The van der Waals surface area contributed by atoms with Gasteiger partial charge >= 0.3 is 5.97 Å². The van der Waals surface area contributed by atoms with Gasteiger partial charge in [0.2, 0.25) is 0 Å². The van der Waals surface area contributed by atoms with Gasteiger partial charge in [-0.1, -0.05) is 0 Å². The minimum Gasteiger partial charge on any atom is -0.481 e. The first kappa shape index (κ1) is 9.27. The Balaban J connectivity index is 1.71. The Bertz CT molecular complexity index is 301. The van der Waals surface area contributed by atoms with Crippen LogP contribution in [0, 0.1) is 5.92 Å². The summed E-state index contributed by atoms with van der Waals surface area (Å²) in [7, 11) is 0. The zero-order chi connectivity index (χ0) is 9.97. The van der Waals surface area contributed by atoms with Crippen LogP contribution < -0.4 is 0 Å². The van der Waals surface area contributed by atoms with Gasteiger partial charge in [-0.05, 0) is 18.1 Å². The van der Waals surface area contributed by atoms with Crippen LogP contribution in [-0.4, -0.2) is 29.1 Å². The summed E-state index contributed by atoms with van der Waals surface area (Å²) in [4.78, 5) is 12.6. The van der Waals surface area contributed by atoms with Crippen molar-refractivity contribution in [2.24, 2.45) is 5.92 Å². The fourth-order valence-corrected chi connectivity index (χ4v) is 1.80. The number of hydrogen-bond acceptors (Lipinski definition) is 3. The fourth-order valence-electron chi connectivity index (χ4n) is 1.80. The van der Waals surface area contributed by atoms with Crippen molar-refractivity contribution in [2.45, 2.75) is 13.0 Å². The molecule has 2 heterocycles. The first-order chi connectivity index (χ1) is 6.74. The van der Waals surface area contributed by atoms with Crippen molar-refractivity contribution in [1.82, 2.24) is 4.90 Å². The average Bonchev–Trinajstić information content (AvgIpc) is 2.52. The van der Waals surface area contributed by atoms with Crippen molar-refractivity contribution in [3.63, 3.8) is 0 Å². The van der Waals surface area contributed by atoms with Gasteiger partial charge in [0.25, 0.3) is 0 Å². The van der Waals surface area contributed by atoms with Crippen molar-refractivity contribution in [2.75, 3.05) is 13.1 Å². The van der Waals surface area contributed by atoms with E-state index in [1.807, 2.05) is 12.1 Å². The van der Waals surface area contributed by atoms with E-state index in [1.165, 1.54) is 0 Å². The smallest absolute Gasteiger partial charge is 0.303 e. The molecule has 1 fully saturated rings. The summed E-state index contributed by atoms with van der Waals surface area (Å²) in [5.41, 5.74) is 0. The summed E-state index contributed by atoms with van der Waals surface area (Å²) in [5, 5.41) is 8.55. The quantitative estimate of drug-likeness (QED) is 0.784. The number of likely N-dealkylation sites (tertiary alicyclic amines) is 1. The van der Waals surface area contributed by atoms with E-state index in [9.17, 15) is 4.79 Å². The molecule has 1 aromatic rings. The van der Waals surface area contributed by atoms with Gasteiger partial charge < -0.3 is 9.52 Å². The van der Waals surface area contributed by atoms with Gasteiger partial charge in [-0.2, -0.15) is 0 Å². The molecule has 1 saturated heterocycles. The summed E-state index contributed by atoms with van der Waals surface area (Å²) in [6, 6.07) is 3.80. The minimum atomic E-state index is -0.701. The van der Waals surface area contributed by atoms with Crippen molar-refractivity contribution >= 4 is 5.97 Å². The molecular weight excluding hydrogens is 182 g/mol. The number of hydrogen-bond donors (Lipinski definition) is 1. The van der Waals surface area contributed by atoms with Crippen LogP contribution in [0.2, 0.25) is 0 Å². The first-order valence-electron chi connectivity index (χ1n) is 4.70. The Morgan fingerprint density at radius 1 is 1.64 bits per heavy atom. The molecule has 0 radical (unpaired) electrons. The largest absolute Gasteiger partial charge is 0.481 e. The van der Waals surface area contributed by atoms with Gasteiger partial charge in [0.05, 0.1) is 19.2 Å². The number of carboxylic acids is 1. The number of carboxylic acid groups (broad SMARTS) is 1. The maximum absolute atomic E-state index is 10.4. The highest BCUT2D eigenvalue weighted by molar-refractivity contribution is 5.67. The van der Waals surface area contributed by atoms with E-state index in [0.29, 0.717) is 5.92 Å². The first-order valence-corrected chi connectivity index (χ1v) is 4.70. The second-order valence-electron chi connectivity index (χ2n) is 3.74. The highest BCUT2D eigenvalue weighted by atomic mass is 16.4. The van der Waals surface area contributed by atoms with Gasteiger partial charge in [-0.15, -0.1) is 0 Å². The van der Waals surface area contributed by atoms with E-state index >= 15 is 0 Å². The molecule has 1 aromatic heterocycles. The van der Waals surface area contributed by atoms with Crippen LogP contribution in [-0.2, 0) is 11.3 Å². The molecule has 0 bridgehead atoms. The summed E-state index contributed by atoms with van der Waals surface area (Å²) >= 11 is 0. The monoisotopic (exact) mass is 195 g/mol. The normalized spacial score (nSPS) is 18.0. The summed E-state index contributed by atoms with van der Waals surface area (Å²) in [5.74, 6) is 0.564. The van der Waals surface area contributed by atoms with Crippen LogP contribution in [0.15, 0.2) is 22.8 Å². The lowest BCUT2D eigenvalue weighted by molar-refractivity contribution is -0.139. The van der Waals surface area contributed by atoms with Crippen LogP contribution >= 0.6 is 0 Å². The van der Waals surface area contributed by atoms with Gasteiger partial charge in [-0.25, -0.2) is 0 Å². The van der Waals surface area contributed by atoms with Gasteiger partial charge in [0, 0.05) is 13.1 Å². The van der Waals surface area contributed by atoms with Crippen LogP contribution in [0.25, 0.3) is 0 Å². The number of nitrogens with zero attached hydrogens (tertiary/aromatic N) is 1. The average molecular weight is 195 g/mol. The van der Waals surface area contributed by atoms with E-state index in [-0.39, 0.29) is 6.42 Å². The topological polar surface area (TPSA) is 53.7 Å². The Kier molecular flexibility index (Phi) is 2.54. The van der Waals surface area contributed by atoms with E-state index in [4.69, 9.17) is 9.52 Å². The lowest BCUT2D eigenvalue weighted by Crippen LogP contribution is -2.46. The predicted octanol–water partition coefficient (Wildman–Crippen LogP) is 1.19. The standard InChI is InChI=1S/C10H13NO3/c12-10(13)4-8-5-11(6-8)7-9-2-1-3-14-9/h1-3,8H,4-7H2,(H,12,13). The van der Waals surface area contributed by atoms with Crippen molar-refractivity contribution < 1.29 is 14.3 Å². The molecule has 0 aromatic carbocycles. The summed E-state index contributed by atoms with van der Waals surface area (Å²) in [6.07, 6.45) is 1.94. The molecule has 0 saturated carbocycles. The highest BCUT2D eigenvalue weighted by Gasteiger charge is 2.28. The van der Waals surface area contributed by atoms with Crippen molar-refractivity contribution in [3.05, 3.63) is 24.2 Å². The molecule has 14 heavy (non-hydrogen) atoms. The zero-order valence-corrected chi connectivity index (χ0v) is 7.85. The van der Waals surface area contributed by atoms with E-state index in [1.54, 1.807) is 6.26 Å². The number of carbonyl (C=O) groups is 1. The molecule has 4 nitrogen and oxygen atoms in total. The Morgan fingerprint density at radius 3 is 3.00 bits per heavy atom. The molecule has 4 heteroatoms. The summed E-state index contributed by atoms with van der Waals surface area (Å²) in [6.45, 7) is 2.53. The number of rotatable bonds is 4. The van der Waals surface area contributed by atoms with E-state index in [0.717, 1.165) is 25.4 Å². The third-order valence-corrected chi connectivity index (χ3v) is 2.46. The van der Waals surface area contributed by atoms with E-state index in [2.05, 4.69) is 4.90 Å². The van der Waals surface area contributed by atoms with Crippen LogP contribution in [0.4, 0.5) is 0 Å². The SMILES string of the molecule is O=C(O)CC1CN(Cc2ccco2)C1. The molecule has 0 amide bonds. The number of aliphatic carboxylic acids is 1. The minimum absolute atomic E-state index is 0.286. The molecule has 0 unspecified atom stereocenters. The second kappa shape index (κ2) is 3.84. The van der Waals surface area contributed by atoms with Crippen LogP contribution in [0.5, 0.6) is 0 Å². The predicted molar refractivity (Wildman–Crippen MR) is 49.7 cm³/mol. The Morgan fingerprint density at radius 2 is 2.43 bits per heavy atom. The highest BCUT2D eigenvalue weighted by Crippen LogP contribution is 2.21.